The average molecular weight is 375 g/mol. The molecular formula is C19H19BrO3. The van der Waals surface area contributed by atoms with Gasteiger partial charge in [-0.15, -0.1) is 0 Å². The highest BCUT2D eigenvalue weighted by Crippen LogP contribution is 2.45. The van der Waals surface area contributed by atoms with Gasteiger partial charge >= 0.3 is 5.97 Å². The SMILES string of the molecule is O=C(O)CC(c1ccc(OCc2ccccc2)c(Br)c1)C1CC1. The Labute approximate surface area is 144 Å². The Morgan fingerprint density at radius 1 is 1.22 bits per heavy atom. The second-order valence-corrected chi connectivity index (χ2v) is 6.86. The molecule has 0 saturated heterocycles. The van der Waals surface area contributed by atoms with Crippen LogP contribution >= 0.6 is 15.9 Å². The molecule has 1 aliphatic carbocycles. The lowest BCUT2D eigenvalue weighted by atomic mass is 9.91. The van der Waals surface area contributed by atoms with Crippen molar-refractivity contribution in [1.29, 1.82) is 0 Å². The minimum atomic E-state index is -0.734. The monoisotopic (exact) mass is 374 g/mol. The van der Waals surface area contributed by atoms with Gasteiger partial charge in [0, 0.05) is 0 Å². The second kappa shape index (κ2) is 7.18. The third-order valence-electron chi connectivity index (χ3n) is 4.21. The summed E-state index contributed by atoms with van der Waals surface area (Å²) in [7, 11) is 0. The Balaban J connectivity index is 1.71. The molecule has 0 bridgehead atoms. The maximum absolute atomic E-state index is 11.1. The van der Waals surface area contributed by atoms with Gasteiger partial charge in [0.1, 0.15) is 12.4 Å². The van der Waals surface area contributed by atoms with Crippen LogP contribution in [0.2, 0.25) is 0 Å². The Hall–Kier alpha value is -1.81. The van der Waals surface area contributed by atoms with Gasteiger partial charge < -0.3 is 9.84 Å². The van der Waals surface area contributed by atoms with Gasteiger partial charge in [-0.05, 0) is 63.9 Å². The van der Waals surface area contributed by atoms with E-state index in [2.05, 4.69) is 15.9 Å². The fourth-order valence-corrected chi connectivity index (χ4v) is 3.35. The van der Waals surface area contributed by atoms with Gasteiger partial charge in [-0.25, -0.2) is 0 Å². The smallest absolute Gasteiger partial charge is 0.303 e. The van der Waals surface area contributed by atoms with Gasteiger partial charge in [-0.1, -0.05) is 36.4 Å². The number of carbonyl (C=O) groups is 1. The van der Waals surface area contributed by atoms with Crippen LogP contribution in [0.5, 0.6) is 5.75 Å². The van der Waals surface area contributed by atoms with Gasteiger partial charge in [0.25, 0.3) is 0 Å². The Kier molecular flexibility index (Phi) is 5.01. The molecule has 120 valence electrons. The molecule has 1 aliphatic rings. The van der Waals surface area contributed by atoms with Crippen molar-refractivity contribution in [3.63, 3.8) is 0 Å². The van der Waals surface area contributed by atoms with Crippen LogP contribution < -0.4 is 4.74 Å². The number of aliphatic carboxylic acids is 1. The van der Waals surface area contributed by atoms with Gasteiger partial charge in [0.2, 0.25) is 0 Å². The van der Waals surface area contributed by atoms with Crippen LogP contribution in [-0.4, -0.2) is 11.1 Å². The molecule has 1 atom stereocenters. The lowest BCUT2D eigenvalue weighted by Gasteiger charge is -2.16. The second-order valence-electron chi connectivity index (χ2n) is 6.01. The molecule has 0 amide bonds. The molecule has 0 radical (unpaired) electrons. The predicted molar refractivity (Wildman–Crippen MR) is 92.6 cm³/mol. The number of hydrogen-bond acceptors (Lipinski definition) is 2. The summed E-state index contributed by atoms with van der Waals surface area (Å²) < 4.78 is 6.73. The van der Waals surface area contributed by atoms with E-state index in [1.54, 1.807) is 0 Å². The van der Waals surface area contributed by atoms with E-state index in [9.17, 15) is 4.79 Å². The minimum Gasteiger partial charge on any atom is -0.488 e. The molecular weight excluding hydrogens is 356 g/mol. The van der Waals surface area contributed by atoms with Gasteiger partial charge in [-0.2, -0.15) is 0 Å². The molecule has 4 heteroatoms. The first-order valence-electron chi connectivity index (χ1n) is 7.81. The van der Waals surface area contributed by atoms with Crippen molar-refractivity contribution in [2.24, 2.45) is 5.92 Å². The van der Waals surface area contributed by atoms with Crippen molar-refractivity contribution in [3.8, 4) is 5.75 Å². The normalized spacial score (nSPS) is 15.2. The number of carboxylic acid groups (broad SMARTS) is 1. The highest BCUT2D eigenvalue weighted by Gasteiger charge is 2.33. The first kappa shape index (κ1) is 16.1. The summed E-state index contributed by atoms with van der Waals surface area (Å²) in [6.45, 7) is 0.514. The van der Waals surface area contributed by atoms with Gasteiger partial charge in [0.15, 0.2) is 0 Å². The quantitative estimate of drug-likeness (QED) is 0.741. The molecule has 0 heterocycles. The lowest BCUT2D eigenvalue weighted by Crippen LogP contribution is -2.08. The van der Waals surface area contributed by atoms with Crippen LogP contribution in [0.25, 0.3) is 0 Å². The third-order valence-corrected chi connectivity index (χ3v) is 4.83. The van der Waals surface area contributed by atoms with Crippen LogP contribution in [0.15, 0.2) is 53.0 Å². The molecule has 3 nitrogen and oxygen atoms in total. The summed E-state index contributed by atoms with van der Waals surface area (Å²) in [6, 6.07) is 15.9. The Morgan fingerprint density at radius 3 is 2.57 bits per heavy atom. The van der Waals surface area contributed by atoms with Crippen LogP contribution in [0.3, 0.4) is 0 Å². The number of ether oxygens (including phenoxy) is 1. The lowest BCUT2D eigenvalue weighted by molar-refractivity contribution is -0.137. The van der Waals surface area contributed by atoms with Crippen LogP contribution in [0.1, 0.15) is 36.3 Å². The summed E-state index contributed by atoms with van der Waals surface area (Å²) in [5.74, 6) is 0.658. The molecule has 2 aromatic rings. The zero-order chi connectivity index (χ0) is 16.2. The predicted octanol–water partition coefficient (Wildman–Crippen LogP) is 5.00. The van der Waals surface area contributed by atoms with E-state index in [-0.39, 0.29) is 12.3 Å². The molecule has 23 heavy (non-hydrogen) atoms. The number of halogens is 1. The van der Waals surface area contributed by atoms with Crippen LogP contribution in [0.4, 0.5) is 0 Å². The van der Waals surface area contributed by atoms with E-state index < -0.39 is 5.97 Å². The Bertz CT molecular complexity index is 680. The van der Waals surface area contributed by atoms with Crippen molar-refractivity contribution in [2.45, 2.75) is 31.8 Å². The number of hydrogen-bond donors (Lipinski definition) is 1. The summed E-state index contributed by atoms with van der Waals surface area (Å²) >= 11 is 3.55. The fourth-order valence-electron chi connectivity index (χ4n) is 2.84. The third kappa shape index (κ3) is 4.35. The van der Waals surface area contributed by atoms with Gasteiger partial charge in [0.05, 0.1) is 10.9 Å². The summed E-state index contributed by atoms with van der Waals surface area (Å²) in [5, 5.41) is 9.12. The largest absolute Gasteiger partial charge is 0.488 e. The number of benzene rings is 2. The maximum atomic E-state index is 11.1. The molecule has 0 aromatic heterocycles. The number of rotatable bonds is 7. The summed E-state index contributed by atoms with van der Waals surface area (Å²) in [4.78, 5) is 11.1. The zero-order valence-electron chi connectivity index (χ0n) is 12.7. The molecule has 1 fully saturated rings. The molecule has 0 spiro atoms. The van der Waals surface area contributed by atoms with E-state index in [0.717, 1.165) is 34.2 Å². The zero-order valence-corrected chi connectivity index (χ0v) is 14.3. The average Bonchev–Trinajstić information content (AvgIpc) is 3.37. The van der Waals surface area contributed by atoms with Crippen molar-refractivity contribution in [3.05, 3.63) is 64.1 Å². The minimum absolute atomic E-state index is 0.104. The van der Waals surface area contributed by atoms with E-state index >= 15 is 0 Å². The van der Waals surface area contributed by atoms with E-state index in [0.29, 0.717) is 12.5 Å². The summed E-state index contributed by atoms with van der Waals surface area (Å²) in [6.07, 6.45) is 2.45. The van der Waals surface area contributed by atoms with Crippen molar-refractivity contribution < 1.29 is 14.6 Å². The topological polar surface area (TPSA) is 46.5 Å². The number of carboxylic acids is 1. The first-order chi connectivity index (χ1) is 11.1. The van der Waals surface area contributed by atoms with E-state index in [1.807, 2.05) is 48.5 Å². The van der Waals surface area contributed by atoms with E-state index in [4.69, 9.17) is 9.84 Å². The molecule has 2 aromatic carbocycles. The molecule has 0 aliphatic heterocycles. The van der Waals surface area contributed by atoms with Crippen LogP contribution in [0, 0.1) is 5.92 Å². The summed E-state index contributed by atoms with van der Waals surface area (Å²) in [5.41, 5.74) is 2.19. The molecule has 3 rings (SSSR count). The highest BCUT2D eigenvalue weighted by atomic mass is 79.9. The molecule has 1 saturated carbocycles. The molecule has 1 N–H and O–H groups in total. The first-order valence-corrected chi connectivity index (χ1v) is 8.61. The Morgan fingerprint density at radius 2 is 1.96 bits per heavy atom. The molecule has 1 unspecified atom stereocenters. The van der Waals surface area contributed by atoms with Crippen LogP contribution in [-0.2, 0) is 11.4 Å². The standard InChI is InChI=1S/C19H19BrO3/c20-17-10-15(16(11-19(21)22)14-6-7-14)8-9-18(17)23-12-13-4-2-1-3-5-13/h1-5,8-10,14,16H,6-7,11-12H2,(H,21,22). The van der Waals surface area contributed by atoms with Crippen molar-refractivity contribution in [1.82, 2.24) is 0 Å². The van der Waals surface area contributed by atoms with E-state index in [1.165, 1.54) is 0 Å². The van der Waals surface area contributed by atoms with Crippen molar-refractivity contribution >= 4 is 21.9 Å². The maximum Gasteiger partial charge on any atom is 0.303 e. The highest BCUT2D eigenvalue weighted by molar-refractivity contribution is 9.10. The fraction of sp³-hybridized carbons (Fsp3) is 0.316. The van der Waals surface area contributed by atoms with Crippen molar-refractivity contribution in [2.75, 3.05) is 0 Å². The van der Waals surface area contributed by atoms with Gasteiger partial charge in [-0.3, -0.25) is 4.79 Å².